The van der Waals surface area contributed by atoms with Crippen molar-refractivity contribution in [1.29, 1.82) is 0 Å². The Morgan fingerprint density at radius 2 is 1.96 bits per heavy atom. The van der Waals surface area contributed by atoms with E-state index in [0.717, 1.165) is 24.3 Å². The molecule has 1 heterocycles. The fourth-order valence-electron chi connectivity index (χ4n) is 2.43. The van der Waals surface area contributed by atoms with Gasteiger partial charge in [0, 0.05) is 11.6 Å². The van der Waals surface area contributed by atoms with Gasteiger partial charge >= 0.3 is 5.97 Å². The van der Waals surface area contributed by atoms with Crippen LogP contribution in [0.25, 0.3) is 0 Å². The zero-order valence-electron chi connectivity index (χ0n) is 13.3. The maximum Gasteiger partial charge on any atom is 0.306 e. The molecule has 1 aromatic carbocycles. The number of halogens is 2. The number of ether oxygens (including phenoxy) is 1. The minimum absolute atomic E-state index is 0.0396. The number of aliphatic hydroxyl groups is 1. The second-order valence-electron chi connectivity index (χ2n) is 5.14. The third-order valence-corrected chi connectivity index (χ3v) is 3.50. The second kappa shape index (κ2) is 7.89. The van der Waals surface area contributed by atoms with E-state index in [9.17, 15) is 23.5 Å². The molecule has 0 bridgehead atoms. The lowest BCUT2D eigenvalue weighted by molar-refractivity contribution is -0.143. The molecule has 0 fully saturated rings. The molecule has 0 aliphatic rings. The van der Waals surface area contributed by atoms with Crippen LogP contribution in [-0.2, 0) is 16.1 Å². The van der Waals surface area contributed by atoms with Gasteiger partial charge in [-0.15, -0.1) is 0 Å². The van der Waals surface area contributed by atoms with Crippen LogP contribution >= 0.6 is 0 Å². The Bertz CT molecular complexity index is 810. The first kappa shape index (κ1) is 18.6. The van der Waals surface area contributed by atoms with Crippen LogP contribution in [0.5, 0.6) is 5.75 Å². The zero-order chi connectivity index (χ0) is 18.6. The molecule has 2 N–H and O–H groups in total. The zero-order valence-corrected chi connectivity index (χ0v) is 13.3. The number of benzene rings is 1. The Labute approximate surface area is 141 Å². The van der Waals surface area contributed by atoms with Gasteiger partial charge in [0.25, 0.3) is 0 Å². The smallest absolute Gasteiger partial charge is 0.306 e. The summed E-state index contributed by atoms with van der Waals surface area (Å²) < 4.78 is 38.4. The number of hydrogen-bond donors (Lipinski definition) is 2. The lowest BCUT2D eigenvalue weighted by atomic mass is 9.91. The van der Waals surface area contributed by atoms with E-state index in [4.69, 9.17) is 14.3 Å². The third-order valence-electron chi connectivity index (χ3n) is 3.50. The highest BCUT2D eigenvalue weighted by atomic mass is 19.1. The van der Waals surface area contributed by atoms with Gasteiger partial charge in [0.15, 0.2) is 5.76 Å². The van der Waals surface area contributed by atoms with E-state index in [-0.39, 0.29) is 12.4 Å². The van der Waals surface area contributed by atoms with E-state index in [1.807, 2.05) is 0 Å². The largest absolute Gasteiger partial charge is 0.502 e. The maximum atomic E-state index is 14.2. The van der Waals surface area contributed by atoms with Gasteiger partial charge in [0.05, 0.1) is 18.9 Å². The Hall–Kier alpha value is -2.74. The van der Waals surface area contributed by atoms with Gasteiger partial charge in [-0.3, -0.25) is 9.59 Å². The van der Waals surface area contributed by atoms with Gasteiger partial charge < -0.3 is 19.4 Å². The minimum atomic E-state index is -1.44. The maximum absolute atomic E-state index is 14.2. The molecule has 0 spiro atoms. The average Bonchev–Trinajstić information content (AvgIpc) is 2.56. The first-order valence-electron chi connectivity index (χ1n) is 7.45. The molecule has 2 rings (SSSR count). The van der Waals surface area contributed by atoms with Gasteiger partial charge in [-0.1, -0.05) is 6.07 Å². The second-order valence-corrected chi connectivity index (χ2v) is 5.14. The van der Waals surface area contributed by atoms with Crippen LogP contribution in [-0.4, -0.2) is 22.8 Å². The Morgan fingerprint density at radius 1 is 1.32 bits per heavy atom. The van der Waals surface area contributed by atoms with Crippen LogP contribution < -0.4 is 5.43 Å². The summed E-state index contributed by atoms with van der Waals surface area (Å²) >= 11 is 0. The fourth-order valence-corrected chi connectivity index (χ4v) is 2.43. The lowest BCUT2D eigenvalue weighted by Crippen LogP contribution is -2.17. The molecule has 134 valence electrons. The number of aromatic hydroxyl groups is 1. The van der Waals surface area contributed by atoms with Crippen LogP contribution in [0, 0.1) is 11.6 Å². The van der Waals surface area contributed by atoms with Crippen molar-refractivity contribution < 1.29 is 32.9 Å². The third kappa shape index (κ3) is 4.03. The lowest BCUT2D eigenvalue weighted by Gasteiger charge is -2.18. The summed E-state index contributed by atoms with van der Waals surface area (Å²) in [4.78, 5) is 23.7. The molecule has 0 saturated carbocycles. The molecule has 0 aliphatic carbocycles. The summed E-state index contributed by atoms with van der Waals surface area (Å²) in [6, 6.07) is 3.93. The molecule has 0 radical (unpaired) electrons. The molecule has 8 heteroatoms. The van der Waals surface area contributed by atoms with Crippen molar-refractivity contribution in [1.82, 2.24) is 0 Å². The van der Waals surface area contributed by atoms with E-state index in [1.54, 1.807) is 6.92 Å². The van der Waals surface area contributed by atoms with Gasteiger partial charge in [-0.2, -0.15) is 0 Å². The molecule has 0 saturated heterocycles. The van der Waals surface area contributed by atoms with Crippen molar-refractivity contribution in [2.75, 3.05) is 6.61 Å². The predicted octanol–water partition coefficient (Wildman–Crippen LogP) is 2.20. The summed E-state index contributed by atoms with van der Waals surface area (Å²) in [6.07, 6.45) is -0.572. The van der Waals surface area contributed by atoms with Gasteiger partial charge in [0.2, 0.25) is 11.2 Å². The summed E-state index contributed by atoms with van der Waals surface area (Å²) in [5, 5.41) is 19.1. The summed E-state index contributed by atoms with van der Waals surface area (Å²) in [5.74, 6) is -5.84. The number of esters is 1. The number of hydrogen-bond acceptors (Lipinski definition) is 6. The standard InChI is InChI=1S/C17H16F2O6/c1-2-24-14(22)7-10(15-11(18)4-3-5-12(15)19)17-16(23)13(21)6-9(8-20)25-17/h3-6,10,20,23H,2,7-8H2,1H3/t10-/m1/s1. The first-order chi connectivity index (χ1) is 11.9. The van der Waals surface area contributed by atoms with Crippen LogP contribution in [0.2, 0.25) is 0 Å². The van der Waals surface area contributed by atoms with E-state index in [0.29, 0.717) is 0 Å². The number of aliphatic hydroxyl groups excluding tert-OH is 1. The van der Waals surface area contributed by atoms with E-state index in [2.05, 4.69) is 0 Å². The van der Waals surface area contributed by atoms with Crippen LogP contribution in [0.3, 0.4) is 0 Å². The molecule has 25 heavy (non-hydrogen) atoms. The first-order valence-corrected chi connectivity index (χ1v) is 7.45. The Balaban J connectivity index is 2.66. The topological polar surface area (TPSA) is 97.0 Å². The average molecular weight is 354 g/mol. The SMILES string of the molecule is CCOC(=O)C[C@@H](c1oc(CO)cc(=O)c1O)c1c(F)cccc1F. The Kier molecular flexibility index (Phi) is 5.87. The van der Waals surface area contributed by atoms with Crippen molar-refractivity contribution >= 4 is 5.97 Å². The normalized spacial score (nSPS) is 12.0. The van der Waals surface area contributed by atoms with Gasteiger partial charge in [0.1, 0.15) is 24.0 Å². The summed E-state index contributed by atoms with van der Waals surface area (Å²) in [6.45, 7) is 0.923. The van der Waals surface area contributed by atoms with Crippen molar-refractivity contribution in [2.45, 2.75) is 25.9 Å². The van der Waals surface area contributed by atoms with Crippen molar-refractivity contribution in [2.24, 2.45) is 0 Å². The van der Waals surface area contributed by atoms with Crippen molar-refractivity contribution in [3.63, 3.8) is 0 Å². The van der Waals surface area contributed by atoms with Gasteiger partial charge in [-0.25, -0.2) is 8.78 Å². The fraction of sp³-hybridized carbons (Fsp3) is 0.294. The highest BCUT2D eigenvalue weighted by molar-refractivity contribution is 5.71. The summed E-state index contributed by atoms with van der Waals surface area (Å²) in [7, 11) is 0. The molecule has 6 nitrogen and oxygen atoms in total. The van der Waals surface area contributed by atoms with E-state index < -0.39 is 59.1 Å². The van der Waals surface area contributed by atoms with Crippen molar-refractivity contribution in [3.05, 3.63) is 63.2 Å². The number of carbonyl (C=O) groups excluding carboxylic acids is 1. The molecule has 1 atom stereocenters. The van der Waals surface area contributed by atoms with Crippen LogP contribution in [0.1, 0.15) is 36.3 Å². The summed E-state index contributed by atoms with van der Waals surface area (Å²) in [5.41, 5.74) is -1.46. The molecule has 1 aromatic heterocycles. The van der Waals surface area contributed by atoms with Crippen molar-refractivity contribution in [3.8, 4) is 5.75 Å². The quantitative estimate of drug-likeness (QED) is 0.772. The minimum Gasteiger partial charge on any atom is -0.502 e. The van der Waals surface area contributed by atoms with Gasteiger partial charge in [-0.05, 0) is 19.1 Å². The van der Waals surface area contributed by atoms with Crippen LogP contribution in [0.15, 0.2) is 33.5 Å². The molecule has 2 aromatic rings. The molecular weight excluding hydrogens is 338 g/mol. The Morgan fingerprint density at radius 3 is 2.52 bits per heavy atom. The molecule has 0 unspecified atom stereocenters. The predicted molar refractivity (Wildman–Crippen MR) is 82.0 cm³/mol. The highest BCUT2D eigenvalue weighted by Crippen LogP contribution is 2.36. The monoisotopic (exact) mass is 354 g/mol. The van der Waals surface area contributed by atoms with E-state index in [1.165, 1.54) is 0 Å². The van der Waals surface area contributed by atoms with Crippen LogP contribution in [0.4, 0.5) is 8.78 Å². The number of rotatable bonds is 6. The molecular formula is C17H16F2O6. The molecule has 0 aliphatic heterocycles. The highest BCUT2D eigenvalue weighted by Gasteiger charge is 2.31. The number of carbonyl (C=O) groups is 1. The van der Waals surface area contributed by atoms with E-state index >= 15 is 0 Å². The molecule has 0 amide bonds.